The van der Waals surface area contributed by atoms with E-state index in [0.29, 0.717) is 80.7 Å². The quantitative estimate of drug-likeness (QED) is 0.0186. The normalized spacial score (nSPS) is 13.5. The van der Waals surface area contributed by atoms with Crippen molar-refractivity contribution in [3.63, 3.8) is 0 Å². The number of thioether (sulfide) groups is 1. The van der Waals surface area contributed by atoms with Crippen molar-refractivity contribution in [3.05, 3.63) is 142 Å². The maximum Gasteiger partial charge on any atom is 0.305 e. The fourth-order valence-electron chi connectivity index (χ4n) is 7.75. The van der Waals surface area contributed by atoms with E-state index in [1.54, 1.807) is 24.8 Å². The summed E-state index contributed by atoms with van der Waals surface area (Å²) in [6.07, 6.45) is 1.79. The lowest BCUT2D eigenvalue weighted by Crippen LogP contribution is -2.46. The highest BCUT2D eigenvalue weighted by Crippen LogP contribution is 2.33. The maximum absolute atomic E-state index is 13.8. The van der Waals surface area contributed by atoms with Gasteiger partial charge in [-0.05, 0) is 118 Å². The molecule has 5 aromatic carbocycles. The van der Waals surface area contributed by atoms with E-state index < -0.39 is 31.4 Å². The number of carbonyl (C=O) groups is 3. The van der Waals surface area contributed by atoms with Crippen LogP contribution in [0.3, 0.4) is 0 Å². The number of ether oxygens (including phenoxy) is 1. The third kappa shape index (κ3) is 15.0. The van der Waals surface area contributed by atoms with Crippen molar-refractivity contribution in [2.24, 2.45) is 0 Å². The third-order valence-electron chi connectivity index (χ3n) is 11.3. The van der Waals surface area contributed by atoms with Gasteiger partial charge >= 0.3 is 5.97 Å². The van der Waals surface area contributed by atoms with E-state index in [2.05, 4.69) is 37.3 Å². The molecule has 1 heterocycles. The molecule has 0 radical (unpaired) electrons. The molecule has 360 valence electrons. The van der Waals surface area contributed by atoms with Gasteiger partial charge in [-0.15, -0.1) is 11.8 Å². The second-order valence-electron chi connectivity index (χ2n) is 16.6. The summed E-state index contributed by atoms with van der Waals surface area (Å²) in [5, 5.41) is 19.2. The van der Waals surface area contributed by atoms with Gasteiger partial charge in [0.15, 0.2) is 0 Å². The first-order valence-electron chi connectivity index (χ1n) is 22.5. The highest BCUT2D eigenvalue weighted by Gasteiger charge is 2.27. The molecule has 0 bridgehead atoms. The number of nitro groups is 1. The topological polar surface area (TPSA) is 184 Å². The largest absolute Gasteiger partial charge is 0.466 e. The van der Waals surface area contributed by atoms with Crippen LogP contribution in [0.4, 0.5) is 22.7 Å². The summed E-state index contributed by atoms with van der Waals surface area (Å²) in [7, 11) is -0.733. The van der Waals surface area contributed by atoms with Crippen molar-refractivity contribution in [2.45, 2.75) is 61.4 Å². The van der Waals surface area contributed by atoms with Crippen LogP contribution in [-0.2, 0) is 30.9 Å². The van der Waals surface area contributed by atoms with Crippen molar-refractivity contribution < 1.29 is 32.5 Å². The predicted molar refractivity (Wildman–Crippen MR) is 270 cm³/mol. The minimum atomic E-state index is -4.61. The smallest absolute Gasteiger partial charge is 0.305 e. The average Bonchev–Trinajstić information content (AvgIpc) is 3.32. The van der Waals surface area contributed by atoms with Crippen molar-refractivity contribution in [1.29, 1.82) is 0 Å². The van der Waals surface area contributed by atoms with Crippen LogP contribution in [0.2, 0.25) is 5.02 Å². The number of nitrogens with zero attached hydrogens (tertiary/aromatic N) is 4. The van der Waals surface area contributed by atoms with Crippen LogP contribution in [0.25, 0.3) is 11.1 Å². The van der Waals surface area contributed by atoms with E-state index in [0.717, 1.165) is 22.1 Å². The first-order chi connectivity index (χ1) is 32.7. The molecule has 0 aromatic heterocycles. The molecule has 0 aliphatic carbocycles. The van der Waals surface area contributed by atoms with Gasteiger partial charge in [0, 0.05) is 78.9 Å². The second kappa shape index (κ2) is 24.9. The Hall–Kier alpha value is -5.98. The molecule has 1 aliphatic heterocycles. The molecular formula is C50H58ClN7O8S2. The molecule has 18 heteroatoms. The molecule has 2 amide bonds. The van der Waals surface area contributed by atoms with Gasteiger partial charge in [0.05, 0.1) is 27.8 Å². The summed E-state index contributed by atoms with van der Waals surface area (Å²) in [6.45, 7) is 6.00. The number of hydrogen-bond donors (Lipinski definition) is 3. The number of nitro benzene ring substituents is 1. The Kier molecular flexibility index (Phi) is 18.8. The average molecular weight is 985 g/mol. The minimum absolute atomic E-state index is 0.0557. The first kappa shape index (κ1) is 51.4. The van der Waals surface area contributed by atoms with E-state index in [9.17, 15) is 32.9 Å². The molecule has 0 saturated carbocycles. The molecule has 1 aliphatic rings. The summed E-state index contributed by atoms with van der Waals surface area (Å²) in [4.78, 5) is 57.8. The maximum atomic E-state index is 13.8. The van der Waals surface area contributed by atoms with E-state index in [1.807, 2.05) is 85.7 Å². The zero-order chi connectivity index (χ0) is 48.6. The summed E-state index contributed by atoms with van der Waals surface area (Å²) in [5.41, 5.74) is 3.96. The van der Waals surface area contributed by atoms with Gasteiger partial charge in [0.25, 0.3) is 21.6 Å². The fourth-order valence-corrected chi connectivity index (χ4v) is 9.86. The van der Waals surface area contributed by atoms with Crippen LogP contribution < -0.4 is 20.3 Å². The Morgan fingerprint density at radius 2 is 1.57 bits per heavy atom. The number of piperazine rings is 1. The van der Waals surface area contributed by atoms with Gasteiger partial charge in [-0.25, -0.2) is 13.1 Å². The number of nitrogens with one attached hydrogen (secondary N) is 3. The summed E-state index contributed by atoms with van der Waals surface area (Å²) >= 11 is 7.77. The first-order valence-corrected chi connectivity index (χ1v) is 25.4. The van der Waals surface area contributed by atoms with Crippen molar-refractivity contribution in [1.82, 2.24) is 14.5 Å². The molecule has 1 unspecified atom stereocenters. The standard InChI is InChI=1S/C50H58ClN7O8S2/c1-4-66-49(60)17-11-10-16-48(59)53-45-32-37(20-25-46(45)57-30-28-56(29-31-57)34-38-12-8-9-15-43(38)36-18-21-39(51)22-19-36)50(61)54-68(64,65)42-23-24-44(47(33-42)58(62)63)52-40(26-27-55(2)3)35-67-41-13-6-5-7-14-41/h5-9,12-15,18-25,32-33,40,52H,4,10-11,16-17,26-31,34-35H2,1-3H3,(H,53,59)(H,54,61). The molecule has 68 heavy (non-hydrogen) atoms. The third-order valence-corrected chi connectivity index (χ3v) is 14.1. The number of rotatable bonds is 23. The number of esters is 1. The van der Waals surface area contributed by atoms with E-state index in [4.69, 9.17) is 16.3 Å². The van der Waals surface area contributed by atoms with Gasteiger partial charge in [-0.2, -0.15) is 0 Å². The molecule has 0 spiro atoms. The van der Waals surface area contributed by atoms with Crippen molar-refractivity contribution in [3.8, 4) is 11.1 Å². The van der Waals surface area contributed by atoms with Crippen LogP contribution in [0.5, 0.6) is 0 Å². The molecular weight excluding hydrogens is 926 g/mol. The zero-order valence-electron chi connectivity index (χ0n) is 38.5. The predicted octanol–water partition coefficient (Wildman–Crippen LogP) is 8.94. The molecule has 1 atom stereocenters. The molecule has 1 saturated heterocycles. The van der Waals surface area contributed by atoms with E-state index >= 15 is 0 Å². The second-order valence-corrected chi connectivity index (χ2v) is 19.9. The van der Waals surface area contributed by atoms with Gasteiger partial charge in [0.2, 0.25) is 5.91 Å². The Bertz CT molecular complexity index is 2630. The molecule has 5 aromatic rings. The van der Waals surface area contributed by atoms with Gasteiger partial charge in [-0.3, -0.25) is 29.4 Å². The van der Waals surface area contributed by atoms with Crippen molar-refractivity contribution in [2.75, 3.05) is 74.7 Å². The Morgan fingerprint density at radius 1 is 0.868 bits per heavy atom. The van der Waals surface area contributed by atoms with Gasteiger partial charge < -0.3 is 25.2 Å². The molecule has 3 N–H and O–H groups in total. The SMILES string of the molecule is CCOC(=O)CCCCC(=O)Nc1cc(C(=O)NS(=O)(=O)c2ccc(NC(CCN(C)C)CSc3ccccc3)c([N+](=O)[O-])c2)ccc1N1CCN(Cc2ccccc2-c2ccc(Cl)cc2)CC1. The lowest BCUT2D eigenvalue weighted by Gasteiger charge is -2.37. The van der Waals surface area contributed by atoms with Crippen LogP contribution in [0.1, 0.15) is 54.9 Å². The number of anilines is 3. The lowest BCUT2D eigenvalue weighted by molar-refractivity contribution is -0.384. The van der Waals surface area contributed by atoms with E-state index in [1.165, 1.54) is 29.8 Å². The number of carbonyl (C=O) groups excluding carboxylic acids is 3. The number of halogens is 1. The monoisotopic (exact) mass is 983 g/mol. The van der Waals surface area contributed by atoms with Gasteiger partial charge in [-0.1, -0.05) is 66.2 Å². The van der Waals surface area contributed by atoms with Crippen molar-refractivity contribution >= 4 is 73.9 Å². The summed E-state index contributed by atoms with van der Waals surface area (Å²) < 4.78 is 34.6. The Morgan fingerprint density at radius 3 is 2.28 bits per heavy atom. The number of hydrogen-bond acceptors (Lipinski definition) is 13. The van der Waals surface area contributed by atoms with Crippen LogP contribution in [0, 0.1) is 10.1 Å². The van der Waals surface area contributed by atoms with Crippen LogP contribution in [0.15, 0.2) is 125 Å². The number of benzene rings is 5. The molecule has 1 fully saturated rings. The number of amides is 2. The van der Waals surface area contributed by atoms with E-state index in [-0.39, 0.29) is 48.6 Å². The van der Waals surface area contributed by atoms with Crippen LogP contribution >= 0.6 is 23.4 Å². The Balaban J connectivity index is 1.17. The number of unbranched alkanes of at least 4 members (excludes halogenated alkanes) is 1. The highest BCUT2D eigenvalue weighted by molar-refractivity contribution is 7.99. The molecule has 15 nitrogen and oxygen atoms in total. The Labute approximate surface area is 407 Å². The zero-order valence-corrected chi connectivity index (χ0v) is 40.9. The molecule has 6 rings (SSSR count). The summed E-state index contributed by atoms with van der Waals surface area (Å²) in [5.74, 6) is -1.07. The highest BCUT2D eigenvalue weighted by atomic mass is 35.5. The number of sulfonamides is 1. The lowest BCUT2D eigenvalue weighted by atomic mass is 9.99. The van der Waals surface area contributed by atoms with Crippen LogP contribution in [-0.4, -0.2) is 106 Å². The minimum Gasteiger partial charge on any atom is -0.466 e. The fraction of sp³-hybridized carbons (Fsp3) is 0.340. The van der Waals surface area contributed by atoms with Gasteiger partial charge in [0.1, 0.15) is 5.69 Å². The summed E-state index contributed by atoms with van der Waals surface area (Å²) in [6, 6.07) is 33.7.